The first-order chi connectivity index (χ1) is 12.9. The van der Waals surface area contributed by atoms with Gasteiger partial charge in [-0.15, -0.1) is 0 Å². The molecule has 0 aliphatic carbocycles. The molecule has 0 unspecified atom stereocenters. The Morgan fingerprint density at radius 1 is 1.26 bits per heavy atom. The summed E-state index contributed by atoms with van der Waals surface area (Å²) in [5.74, 6) is -0.0117. The average Bonchev–Trinajstić information content (AvgIpc) is 2.93. The van der Waals surface area contributed by atoms with E-state index in [0.717, 1.165) is 28.4 Å². The molecule has 0 fully saturated rings. The van der Waals surface area contributed by atoms with Crippen LogP contribution in [0.5, 0.6) is 5.75 Å². The number of hydrogen-bond donors (Lipinski definition) is 0. The van der Waals surface area contributed by atoms with Gasteiger partial charge in [0.1, 0.15) is 23.5 Å². The molecule has 0 bridgehead atoms. The zero-order valence-corrected chi connectivity index (χ0v) is 15.8. The van der Waals surface area contributed by atoms with Crippen molar-refractivity contribution < 1.29 is 14.3 Å². The quantitative estimate of drug-likeness (QED) is 0.442. The Hall–Kier alpha value is -3.51. The number of carbonyl (C=O) groups excluding carboxylic acids is 1. The summed E-state index contributed by atoms with van der Waals surface area (Å²) in [6.07, 6.45) is 0.574. The third-order valence-electron chi connectivity index (χ3n) is 3.98. The molecule has 0 N–H and O–H groups in total. The van der Waals surface area contributed by atoms with E-state index in [1.54, 1.807) is 6.07 Å². The minimum atomic E-state index is -0.912. The highest BCUT2D eigenvalue weighted by molar-refractivity contribution is 5.98. The predicted octanol–water partition coefficient (Wildman–Crippen LogP) is 3.86. The van der Waals surface area contributed by atoms with E-state index in [1.165, 1.54) is 13.0 Å². The summed E-state index contributed by atoms with van der Waals surface area (Å²) < 4.78 is 12.4. The summed E-state index contributed by atoms with van der Waals surface area (Å²) >= 11 is 0. The van der Waals surface area contributed by atoms with Crippen molar-refractivity contribution in [2.75, 3.05) is 6.61 Å². The second kappa shape index (κ2) is 8.73. The van der Waals surface area contributed by atoms with E-state index in [9.17, 15) is 10.1 Å². The van der Waals surface area contributed by atoms with Crippen LogP contribution in [0.15, 0.2) is 35.9 Å². The number of nitriles is 2. The average molecular weight is 363 g/mol. The number of aryl methyl sites for hydroxylation is 1. The molecular weight excluding hydrogens is 342 g/mol. The molecule has 138 valence electrons. The zero-order valence-electron chi connectivity index (χ0n) is 15.8. The van der Waals surface area contributed by atoms with Crippen LogP contribution in [0.1, 0.15) is 30.8 Å². The molecule has 1 heterocycles. The van der Waals surface area contributed by atoms with Crippen molar-refractivity contribution in [3.63, 3.8) is 0 Å². The van der Waals surface area contributed by atoms with E-state index in [-0.39, 0.29) is 5.57 Å². The molecule has 0 aliphatic heterocycles. The normalized spacial score (nSPS) is 12.0. The molecule has 0 saturated heterocycles. The smallest absolute Gasteiger partial charge is 0.350 e. The largest absolute Gasteiger partial charge is 0.494 e. The first-order valence-electron chi connectivity index (χ1n) is 8.55. The molecule has 1 atom stereocenters. The lowest BCUT2D eigenvalue weighted by molar-refractivity contribution is -0.140. The SMILES string of the molecule is CCOc1ccc(-n2c(C)cc(/C=C(\C#N)C(=O)O[C@@H](C)C#N)c2C)cc1. The minimum Gasteiger partial charge on any atom is -0.494 e. The molecule has 1 aromatic carbocycles. The maximum Gasteiger partial charge on any atom is 0.350 e. The first kappa shape index (κ1) is 19.8. The highest BCUT2D eigenvalue weighted by Crippen LogP contribution is 2.24. The van der Waals surface area contributed by atoms with E-state index in [4.69, 9.17) is 14.7 Å². The monoisotopic (exact) mass is 363 g/mol. The molecule has 2 rings (SSSR count). The second-order valence-electron chi connectivity index (χ2n) is 5.94. The Morgan fingerprint density at radius 2 is 1.93 bits per heavy atom. The van der Waals surface area contributed by atoms with Crippen molar-refractivity contribution in [1.82, 2.24) is 4.57 Å². The van der Waals surface area contributed by atoms with Crippen molar-refractivity contribution >= 4 is 12.0 Å². The number of nitrogens with zero attached hydrogens (tertiary/aromatic N) is 3. The molecular formula is C21H21N3O3. The zero-order chi connectivity index (χ0) is 20.0. The van der Waals surface area contributed by atoms with Gasteiger partial charge < -0.3 is 14.0 Å². The molecule has 0 radical (unpaired) electrons. The summed E-state index contributed by atoms with van der Waals surface area (Å²) in [5.41, 5.74) is 3.38. The van der Waals surface area contributed by atoms with Crippen molar-refractivity contribution in [2.45, 2.75) is 33.8 Å². The fraction of sp³-hybridized carbons (Fsp3) is 0.286. The van der Waals surface area contributed by atoms with Crippen LogP contribution in [0.3, 0.4) is 0 Å². The number of rotatable bonds is 6. The lowest BCUT2D eigenvalue weighted by atomic mass is 10.1. The van der Waals surface area contributed by atoms with Crippen LogP contribution in [0, 0.1) is 36.5 Å². The van der Waals surface area contributed by atoms with E-state index in [1.807, 2.05) is 61.7 Å². The Morgan fingerprint density at radius 3 is 2.48 bits per heavy atom. The van der Waals surface area contributed by atoms with E-state index < -0.39 is 12.1 Å². The van der Waals surface area contributed by atoms with E-state index in [2.05, 4.69) is 0 Å². The van der Waals surface area contributed by atoms with Gasteiger partial charge in [0.2, 0.25) is 0 Å². The Balaban J connectivity index is 2.38. The first-order valence-corrected chi connectivity index (χ1v) is 8.55. The van der Waals surface area contributed by atoms with Gasteiger partial charge in [0.15, 0.2) is 6.10 Å². The highest BCUT2D eigenvalue weighted by atomic mass is 16.5. The standard InChI is InChI=1S/C21H21N3O3/c1-5-26-20-8-6-19(7-9-20)24-14(2)10-17(16(24)4)11-18(13-23)21(25)27-15(3)12-22/h6-11,15H,5H2,1-4H3/b18-11+/t15-/m0/s1. The minimum absolute atomic E-state index is 0.149. The van der Waals surface area contributed by atoms with E-state index in [0.29, 0.717) is 6.61 Å². The van der Waals surface area contributed by atoms with E-state index >= 15 is 0 Å². The molecule has 0 aliphatic rings. The fourth-order valence-electron chi connectivity index (χ4n) is 2.73. The lowest BCUT2D eigenvalue weighted by Gasteiger charge is -2.11. The second-order valence-corrected chi connectivity index (χ2v) is 5.94. The number of hydrogen-bond acceptors (Lipinski definition) is 5. The van der Waals surface area contributed by atoms with Gasteiger partial charge in [-0.25, -0.2) is 4.79 Å². The summed E-state index contributed by atoms with van der Waals surface area (Å²) in [6.45, 7) is 7.84. The van der Waals surface area contributed by atoms with Crippen LogP contribution in [0.25, 0.3) is 11.8 Å². The van der Waals surface area contributed by atoms with Gasteiger partial charge >= 0.3 is 5.97 Å². The van der Waals surface area contributed by atoms with Gasteiger partial charge in [0.25, 0.3) is 0 Å². The number of benzene rings is 1. The number of esters is 1. The van der Waals surface area contributed by atoms with Gasteiger partial charge in [0, 0.05) is 17.1 Å². The van der Waals surface area contributed by atoms with Crippen molar-refractivity contribution in [2.24, 2.45) is 0 Å². The van der Waals surface area contributed by atoms with Crippen LogP contribution in [0.4, 0.5) is 0 Å². The summed E-state index contributed by atoms with van der Waals surface area (Å²) in [6, 6.07) is 13.2. The van der Waals surface area contributed by atoms with Crippen molar-refractivity contribution in [3.05, 3.63) is 52.9 Å². The maximum atomic E-state index is 12.0. The number of carbonyl (C=O) groups is 1. The number of ether oxygens (including phenoxy) is 2. The topological polar surface area (TPSA) is 88.0 Å². The fourth-order valence-corrected chi connectivity index (χ4v) is 2.73. The van der Waals surface area contributed by atoms with Gasteiger partial charge in [-0.05, 0) is 69.7 Å². The van der Waals surface area contributed by atoms with Crippen LogP contribution in [-0.4, -0.2) is 23.2 Å². The van der Waals surface area contributed by atoms with Crippen LogP contribution in [-0.2, 0) is 9.53 Å². The molecule has 1 aromatic heterocycles. The molecule has 27 heavy (non-hydrogen) atoms. The summed E-state index contributed by atoms with van der Waals surface area (Å²) in [5, 5.41) is 18.0. The third-order valence-corrected chi connectivity index (χ3v) is 3.98. The Labute approximate surface area is 158 Å². The van der Waals surface area contributed by atoms with Crippen LogP contribution in [0.2, 0.25) is 0 Å². The van der Waals surface area contributed by atoms with Gasteiger partial charge in [0.05, 0.1) is 6.61 Å². The Kier molecular flexibility index (Phi) is 6.41. The van der Waals surface area contributed by atoms with Crippen LogP contribution < -0.4 is 4.74 Å². The lowest BCUT2D eigenvalue weighted by Crippen LogP contribution is -2.14. The maximum absolute atomic E-state index is 12.0. The molecule has 6 heteroatoms. The number of aromatic nitrogens is 1. The van der Waals surface area contributed by atoms with Crippen molar-refractivity contribution in [1.29, 1.82) is 10.5 Å². The highest BCUT2D eigenvalue weighted by Gasteiger charge is 2.16. The predicted molar refractivity (Wildman–Crippen MR) is 101 cm³/mol. The molecule has 6 nitrogen and oxygen atoms in total. The summed E-state index contributed by atoms with van der Waals surface area (Å²) in [7, 11) is 0. The Bertz CT molecular complexity index is 941. The van der Waals surface area contributed by atoms with Gasteiger partial charge in [-0.3, -0.25) is 0 Å². The molecule has 0 amide bonds. The molecule has 0 spiro atoms. The van der Waals surface area contributed by atoms with Crippen LogP contribution >= 0.6 is 0 Å². The van der Waals surface area contributed by atoms with Gasteiger partial charge in [-0.2, -0.15) is 10.5 Å². The van der Waals surface area contributed by atoms with Gasteiger partial charge in [-0.1, -0.05) is 0 Å². The molecule has 2 aromatic rings. The molecule has 0 saturated carbocycles. The third kappa shape index (κ3) is 4.56. The van der Waals surface area contributed by atoms with Crippen molar-refractivity contribution in [3.8, 4) is 23.6 Å². The summed E-state index contributed by atoms with van der Waals surface area (Å²) in [4.78, 5) is 12.0.